The van der Waals surface area contributed by atoms with Crippen molar-refractivity contribution in [2.75, 3.05) is 26.5 Å². The number of methoxy groups -OCH3 is 2. The van der Waals surface area contributed by atoms with Crippen molar-refractivity contribution in [1.82, 2.24) is 4.90 Å². The number of ether oxygens (including phenoxy) is 2. The van der Waals surface area contributed by atoms with E-state index in [0.29, 0.717) is 17.1 Å². The molecule has 0 aliphatic carbocycles. The zero-order chi connectivity index (χ0) is 15.6. The van der Waals surface area contributed by atoms with Gasteiger partial charge in [-0.05, 0) is 18.2 Å². The third-order valence-electron chi connectivity index (χ3n) is 3.02. The fraction of sp³-hybridized carbons (Fsp3) is 0.462. The van der Waals surface area contributed by atoms with Gasteiger partial charge in [0.25, 0.3) is 0 Å². The van der Waals surface area contributed by atoms with Crippen molar-refractivity contribution in [3.05, 3.63) is 23.8 Å². The van der Waals surface area contributed by atoms with Crippen molar-refractivity contribution in [2.24, 2.45) is 0 Å². The minimum atomic E-state index is -4.44. The highest BCUT2D eigenvalue weighted by atomic mass is 32.2. The van der Waals surface area contributed by atoms with Crippen LogP contribution in [0.25, 0.3) is 0 Å². The third kappa shape index (κ3) is 3.55. The quantitative estimate of drug-likeness (QED) is 0.855. The average molecular weight is 321 g/mol. The molecule has 1 unspecified atom stereocenters. The van der Waals surface area contributed by atoms with Crippen LogP contribution in [0.4, 0.5) is 13.2 Å². The van der Waals surface area contributed by atoms with Crippen molar-refractivity contribution in [3.8, 4) is 11.5 Å². The Labute approximate surface area is 124 Å². The lowest BCUT2D eigenvalue weighted by Crippen LogP contribution is -2.37. The van der Waals surface area contributed by atoms with Crippen LogP contribution in [0.3, 0.4) is 0 Å². The summed E-state index contributed by atoms with van der Waals surface area (Å²) in [4.78, 5) is 12.5. The van der Waals surface area contributed by atoms with Crippen LogP contribution in [0.1, 0.15) is 10.9 Å². The molecule has 0 saturated carbocycles. The number of thioether (sulfide) groups is 1. The monoisotopic (exact) mass is 321 g/mol. The second-order valence-corrected chi connectivity index (χ2v) is 5.48. The maximum atomic E-state index is 12.6. The van der Waals surface area contributed by atoms with Crippen LogP contribution in [0, 0.1) is 0 Å². The molecular formula is C13H14F3NO3S. The predicted molar refractivity (Wildman–Crippen MR) is 72.5 cm³/mol. The molecule has 0 spiro atoms. The molecule has 1 heterocycles. The Morgan fingerprint density at radius 1 is 1.33 bits per heavy atom. The second kappa shape index (κ2) is 6.05. The van der Waals surface area contributed by atoms with E-state index in [4.69, 9.17) is 9.47 Å². The van der Waals surface area contributed by atoms with E-state index in [1.54, 1.807) is 18.2 Å². The highest BCUT2D eigenvalue weighted by molar-refractivity contribution is 8.00. The summed E-state index contributed by atoms with van der Waals surface area (Å²) in [6.07, 6.45) is -4.44. The Bertz CT molecular complexity index is 536. The van der Waals surface area contributed by atoms with Gasteiger partial charge in [-0.25, -0.2) is 0 Å². The molecule has 21 heavy (non-hydrogen) atoms. The summed E-state index contributed by atoms with van der Waals surface area (Å²) in [5, 5.41) is -0.732. The summed E-state index contributed by atoms with van der Waals surface area (Å²) in [6.45, 7) is -1.27. The third-order valence-corrected chi connectivity index (χ3v) is 4.26. The summed E-state index contributed by atoms with van der Waals surface area (Å²) in [5.41, 5.74) is 0.497. The first-order valence-electron chi connectivity index (χ1n) is 6.05. The van der Waals surface area contributed by atoms with Gasteiger partial charge in [0.2, 0.25) is 5.91 Å². The second-order valence-electron chi connectivity index (χ2n) is 4.41. The molecule has 1 fully saturated rings. The summed E-state index contributed by atoms with van der Waals surface area (Å²) < 4.78 is 48.2. The number of carbonyl (C=O) groups excluding carboxylic acids is 1. The smallest absolute Gasteiger partial charge is 0.406 e. The molecule has 0 bridgehead atoms. The Balaban J connectivity index is 2.37. The van der Waals surface area contributed by atoms with Crippen molar-refractivity contribution in [3.63, 3.8) is 0 Å². The standard InChI is InChI=1S/C13H14F3NO3S/c1-19-8-3-4-10(20-2)9(5-8)12-17(7-13(14,15)16)11(18)6-21-12/h3-5,12H,6-7H2,1-2H3. The molecule has 1 amide bonds. The zero-order valence-electron chi connectivity index (χ0n) is 11.4. The maximum absolute atomic E-state index is 12.6. The highest BCUT2D eigenvalue weighted by Crippen LogP contribution is 2.44. The van der Waals surface area contributed by atoms with Gasteiger partial charge in [-0.2, -0.15) is 13.2 Å². The summed E-state index contributed by atoms with van der Waals surface area (Å²) in [6, 6.07) is 4.86. The summed E-state index contributed by atoms with van der Waals surface area (Å²) >= 11 is 1.14. The van der Waals surface area contributed by atoms with E-state index < -0.39 is 24.0 Å². The highest BCUT2D eigenvalue weighted by Gasteiger charge is 2.41. The van der Waals surface area contributed by atoms with Crippen LogP contribution >= 0.6 is 11.8 Å². The molecule has 1 aromatic rings. The van der Waals surface area contributed by atoms with Crippen LogP contribution in [-0.4, -0.2) is 43.5 Å². The Kier molecular flexibility index (Phi) is 4.55. The number of hydrogen-bond donors (Lipinski definition) is 0. The topological polar surface area (TPSA) is 38.8 Å². The zero-order valence-corrected chi connectivity index (χ0v) is 12.3. The number of nitrogens with zero attached hydrogens (tertiary/aromatic N) is 1. The first-order valence-corrected chi connectivity index (χ1v) is 7.10. The minimum absolute atomic E-state index is 0.0150. The number of carbonyl (C=O) groups is 1. The Morgan fingerprint density at radius 2 is 2.05 bits per heavy atom. The number of benzene rings is 1. The molecule has 1 aliphatic heterocycles. The SMILES string of the molecule is COc1ccc(OC)c(C2SCC(=O)N2CC(F)(F)F)c1. The summed E-state index contributed by atoms with van der Waals surface area (Å²) in [5.74, 6) is 0.404. The van der Waals surface area contributed by atoms with Gasteiger partial charge in [-0.3, -0.25) is 4.79 Å². The van der Waals surface area contributed by atoms with Crippen LogP contribution in [0.5, 0.6) is 11.5 Å². The number of rotatable bonds is 4. The Hall–Kier alpha value is -1.57. The largest absolute Gasteiger partial charge is 0.497 e. The first-order chi connectivity index (χ1) is 9.85. The number of amides is 1. The fourth-order valence-corrected chi connectivity index (χ4v) is 3.31. The lowest BCUT2D eigenvalue weighted by Gasteiger charge is -2.26. The molecule has 1 saturated heterocycles. The molecule has 0 radical (unpaired) electrons. The van der Waals surface area contributed by atoms with E-state index >= 15 is 0 Å². The average Bonchev–Trinajstić information content (AvgIpc) is 2.77. The minimum Gasteiger partial charge on any atom is -0.497 e. The molecule has 1 atom stereocenters. The predicted octanol–water partition coefficient (Wildman–Crippen LogP) is 2.84. The van der Waals surface area contributed by atoms with Crippen molar-refractivity contribution >= 4 is 17.7 Å². The molecule has 0 aromatic heterocycles. The van der Waals surface area contributed by atoms with Crippen LogP contribution in [-0.2, 0) is 4.79 Å². The van der Waals surface area contributed by atoms with E-state index in [1.807, 2.05) is 0 Å². The first kappa shape index (κ1) is 15.8. The number of halogens is 3. The van der Waals surface area contributed by atoms with Gasteiger partial charge in [0, 0.05) is 5.56 Å². The van der Waals surface area contributed by atoms with Gasteiger partial charge in [-0.1, -0.05) is 0 Å². The van der Waals surface area contributed by atoms with E-state index in [2.05, 4.69) is 0 Å². The fourth-order valence-electron chi connectivity index (χ4n) is 2.11. The maximum Gasteiger partial charge on any atom is 0.406 e. The molecule has 2 rings (SSSR count). The van der Waals surface area contributed by atoms with Gasteiger partial charge in [0.1, 0.15) is 23.4 Å². The molecular weight excluding hydrogens is 307 g/mol. The van der Waals surface area contributed by atoms with Crippen LogP contribution < -0.4 is 9.47 Å². The van der Waals surface area contributed by atoms with Crippen molar-refractivity contribution < 1.29 is 27.4 Å². The van der Waals surface area contributed by atoms with E-state index in [9.17, 15) is 18.0 Å². The van der Waals surface area contributed by atoms with E-state index in [1.165, 1.54) is 14.2 Å². The number of alkyl halides is 3. The van der Waals surface area contributed by atoms with Gasteiger partial charge >= 0.3 is 6.18 Å². The van der Waals surface area contributed by atoms with Crippen molar-refractivity contribution in [2.45, 2.75) is 11.6 Å². The molecule has 116 valence electrons. The molecule has 4 nitrogen and oxygen atoms in total. The molecule has 8 heteroatoms. The van der Waals surface area contributed by atoms with E-state index in [0.717, 1.165) is 16.7 Å². The summed E-state index contributed by atoms with van der Waals surface area (Å²) in [7, 11) is 2.90. The lowest BCUT2D eigenvalue weighted by molar-refractivity contribution is -0.159. The van der Waals surface area contributed by atoms with Gasteiger partial charge in [0.15, 0.2) is 0 Å². The van der Waals surface area contributed by atoms with Crippen LogP contribution in [0.2, 0.25) is 0 Å². The van der Waals surface area contributed by atoms with Crippen LogP contribution in [0.15, 0.2) is 18.2 Å². The Morgan fingerprint density at radius 3 is 2.62 bits per heavy atom. The van der Waals surface area contributed by atoms with Gasteiger partial charge < -0.3 is 14.4 Å². The number of hydrogen-bond acceptors (Lipinski definition) is 4. The molecule has 1 aliphatic rings. The molecule has 0 N–H and O–H groups in total. The normalized spacial score (nSPS) is 19.0. The lowest BCUT2D eigenvalue weighted by atomic mass is 10.1. The van der Waals surface area contributed by atoms with Gasteiger partial charge in [0.05, 0.1) is 20.0 Å². The molecule has 1 aromatic carbocycles. The van der Waals surface area contributed by atoms with E-state index in [-0.39, 0.29) is 5.75 Å². The van der Waals surface area contributed by atoms with Gasteiger partial charge in [-0.15, -0.1) is 11.8 Å². The van der Waals surface area contributed by atoms with Crippen molar-refractivity contribution in [1.29, 1.82) is 0 Å².